The van der Waals surface area contributed by atoms with Gasteiger partial charge in [0.25, 0.3) is 0 Å². The van der Waals surface area contributed by atoms with E-state index in [-0.39, 0.29) is 12.5 Å². The third-order valence-electron chi connectivity index (χ3n) is 10.9. The van der Waals surface area contributed by atoms with Crippen molar-refractivity contribution < 1.29 is 39.8 Å². The van der Waals surface area contributed by atoms with Gasteiger partial charge in [-0.15, -0.1) is 0 Å². The van der Waals surface area contributed by atoms with E-state index in [0.29, 0.717) is 6.42 Å². The average Bonchev–Trinajstić information content (AvgIpc) is 3.27. The molecule has 1 saturated heterocycles. The first-order valence-electron chi connectivity index (χ1n) is 24.5. The van der Waals surface area contributed by atoms with E-state index in [2.05, 4.69) is 104 Å². The summed E-state index contributed by atoms with van der Waals surface area (Å²) in [5.41, 5.74) is 0. The Balaban J connectivity index is 2.20. The summed E-state index contributed by atoms with van der Waals surface area (Å²) in [5, 5.41) is 54.1. The van der Waals surface area contributed by atoms with Crippen LogP contribution >= 0.6 is 0 Å². The maximum Gasteiger partial charge on any atom is 0.220 e. The molecule has 0 aliphatic carbocycles. The zero-order valence-corrected chi connectivity index (χ0v) is 38.8. The van der Waals surface area contributed by atoms with E-state index in [9.17, 15) is 30.3 Å². The molecule has 0 bridgehead atoms. The highest BCUT2D eigenvalue weighted by molar-refractivity contribution is 5.76. The normalized spacial score (nSPS) is 21.2. The molecule has 62 heavy (non-hydrogen) atoms. The first-order valence-corrected chi connectivity index (χ1v) is 24.5. The zero-order valence-electron chi connectivity index (χ0n) is 38.8. The van der Waals surface area contributed by atoms with Crippen molar-refractivity contribution in [2.45, 2.75) is 217 Å². The van der Waals surface area contributed by atoms with E-state index >= 15 is 0 Å². The van der Waals surface area contributed by atoms with Crippen LogP contribution in [0.1, 0.15) is 174 Å². The highest BCUT2D eigenvalue weighted by atomic mass is 16.7. The summed E-state index contributed by atoms with van der Waals surface area (Å²) >= 11 is 0. The maximum absolute atomic E-state index is 13.0. The van der Waals surface area contributed by atoms with E-state index in [1.165, 1.54) is 70.6 Å². The van der Waals surface area contributed by atoms with Crippen molar-refractivity contribution in [3.8, 4) is 0 Å². The van der Waals surface area contributed by atoms with Gasteiger partial charge in [-0.05, 0) is 83.5 Å². The van der Waals surface area contributed by atoms with Crippen molar-refractivity contribution in [1.82, 2.24) is 5.32 Å². The van der Waals surface area contributed by atoms with Crippen LogP contribution in [0.15, 0.2) is 97.2 Å². The molecule has 1 aliphatic rings. The molecule has 1 heterocycles. The number of allylic oxidation sites excluding steroid dienone is 15. The van der Waals surface area contributed by atoms with Crippen molar-refractivity contribution >= 4 is 5.91 Å². The fourth-order valence-corrected chi connectivity index (χ4v) is 7.04. The van der Waals surface area contributed by atoms with E-state index in [1.807, 2.05) is 6.08 Å². The van der Waals surface area contributed by atoms with Gasteiger partial charge in [-0.3, -0.25) is 4.79 Å². The molecule has 1 amide bonds. The van der Waals surface area contributed by atoms with Gasteiger partial charge in [0.05, 0.1) is 25.4 Å². The minimum Gasteiger partial charge on any atom is -0.394 e. The first kappa shape index (κ1) is 57.1. The van der Waals surface area contributed by atoms with Gasteiger partial charge in [0.1, 0.15) is 24.4 Å². The lowest BCUT2D eigenvalue weighted by Crippen LogP contribution is -2.60. The fourth-order valence-electron chi connectivity index (χ4n) is 7.04. The molecule has 0 aromatic heterocycles. The van der Waals surface area contributed by atoms with E-state index in [4.69, 9.17) is 9.47 Å². The van der Waals surface area contributed by atoms with Crippen molar-refractivity contribution in [3.05, 3.63) is 97.2 Å². The summed E-state index contributed by atoms with van der Waals surface area (Å²) in [6.07, 6.45) is 53.4. The monoisotopic (exact) mass is 868 g/mol. The molecule has 7 unspecified atom stereocenters. The average molecular weight is 868 g/mol. The molecule has 0 spiro atoms. The number of hydrogen-bond acceptors (Lipinski definition) is 8. The largest absolute Gasteiger partial charge is 0.394 e. The van der Waals surface area contributed by atoms with E-state index in [1.54, 1.807) is 6.08 Å². The fraction of sp³-hybridized carbons (Fsp3) is 0.679. The minimum absolute atomic E-state index is 0.200. The molecular formula is C53H89NO8. The molecule has 7 atom stereocenters. The highest BCUT2D eigenvalue weighted by Crippen LogP contribution is 2.22. The van der Waals surface area contributed by atoms with Crippen molar-refractivity contribution in [1.29, 1.82) is 0 Å². The molecule has 1 fully saturated rings. The Morgan fingerprint density at radius 3 is 1.48 bits per heavy atom. The molecule has 0 saturated carbocycles. The zero-order chi connectivity index (χ0) is 45.1. The maximum atomic E-state index is 13.0. The Labute approximate surface area is 377 Å². The SMILES string of the molecule is CC/C=C\C/C=C\C/C=C\C/C=C\C/C=C\CCCCCCCCCCCCCCCC(=O)NC(COC1OC(CO)C(O)C(O)C1O)C(O)/C=C/CC/C=C/CC/C=C/CC. The van der Waals surface area contributed by atoms with Gasteiger partial charge in [-0.1, -0.05) is 182 Å². The van der Waals surface area contributed by atoms with E-state index in [0.717, 1.165) is 83.5 Å². The topological polar surface area (TPSA) is 149 Å². The number of aliphatic hydroxyl groups excluding tert-OH is 5. The number of amides is 1. The Morgan fingerprint density at radius 1 is 0.548 bits per heavy atom. The third kappa shape index (κ3) is 31.9. The summed E-state index contributed by atoms with van der Waals surface area (Å²) in [4.78, 5) is 13.0. The predicted molar refractivity (Wildman–Crippen MR) is 258 cm³/mol. The molecule has 9 heteroatoms. The molecule has 6 N–H and O–H groups in total. The molecule has 354 valence electrons. The van der Waals surface area contributed by atoms with Crippen molar-refractivity contribution in [3.63, 3.8) is 0 Å². The lowest BCUT2D eigenvalue weighted by atomic mass is 9.99. The summed E-state index contributed by atoms with van der Waals surface area (Å²) in [7, 11) is 0. The van der Waals surface area contributed by atoms with Crippen LogP contribution < -0.4 is 5.32 Å². The number of hydrogen-bond donors (Lipinski definition) is 6. The van der Waals surface area contributed by atoms with Crippen LogP contribution in [-0.2, 0) is 14.3 Å². The Hall–Kier alpha value is -2.89. The molecule has 9 nitrogen and oxygen atoms in total. The molecular weight excluding hydrogens is 779 g/mol. The van der Waals surface area contributed by atoms with E-state index < -0.39 is 49.5 Å². The Kier molecular flexibility index (Phi) is 38.8. The van der Waals surface area contributed by atoms with Crippen LogP contribution in [0.5, 0.6) is 0 Å². The van der Waals surface area contributed by atoms with Crippen LogP contribution in [0.25, 0.3) is 0 Å². The minimum atomic E-state index is -1.58. The second-order valence-corrected chi connectivity index (χ2v) is 16.5. The standard InChI is InChI=1S/C53H89NO8/c1-3-5-7-9-11-13-15-16-17-18-19-20-21-22-23-24-25-26-27-28-29-30-31-32-33-35-37-39-41-43-49(57)54-46(45-61-53-52(60)51(59)50(58)48(44-55)62-53)47(56)42-40-38-36-34-14-12-10-8-6-4-2/h5-8,11,13-14,16-17,19-20,22-23,34,40,42,46-48,50-53,55-56,58-60H,3-4,9-10,12,15,18,21,24-33,35-39,41,43-45H2,1-2H3,(H,54,57)/b7-5-,8-6+,13-11-,17-16-,20-19-,23-22-,34-14+,42-40+. The number of carbonyl (C=O) groups is 1. The van der Waals surface area contributed by atoms with Crippen LogP contribution in [-0.4, -0.2) is 87.5 Å². The first-order chi connectivity index (χ1) is 30.3. The van der Waals surface area contributed by atoms with Gasteiger partial charge in [0.2, 0.25) is 5.91 Å². The van der Waals surface area contributed by atoms with Crippen LogP contribution in [0.4, 0.5) is 0 Å². The second kappa shape index (κ2) is 42.1. The molecule has 1 rings (SSSR count). The number of unbranched alkanes of at least 4 members (excludes halogenated alkanes) is 15. The third-order valence-corrected chi connectivity index (χ3v) is 10.9. The van der Waals surface area contributed by atoms with Gasteiger partial charge >= 0.3 is 0 Å². The predicted octanol–water partition coefficient (Wildman–Crippen LogP) is 10.9. The lowest BCUT2D eigenvalue weighted by molar-refractivity contribution is -0.302. The highest BCUT2D eigenvalue weighted by Gasteiger charge is 2.44. The van der Waals surface area contributed by atoms with Crippen LogP contribution in [0.2, 0.25) is 0 Å². The Morgan fingerprint density at radius 2 is 0.968 bits per heavy atom. The lowest BCUT2D eigenvalue weighted by Gasteiger charge is -2.40. The van der Waals surface area contributed by atoms with Crippen LogP contribution in [0, 0.1) is 0 Å². The molecule has 0 aromatic carbocycles. The van der Waals surface area contributed by atoms with Gasteiger partial charge in [0, 0.05) is 6.42 Å². The quantitative estimate of drug-likeness (QED) is 0.0264. The van der Waals surface area contributed by atoms with Gasteiger partial charge in [-0.2, -0.15) is 0 Å². The van der Waals surface area contributed by atoms with Crippen molar-refractivity contribution in [2.24, 2.45) is 0 Å². The van der Waals surface area contributed by atoms with Gasteiger partial charge in [-0.25, -0.2) is 0 Å². The number of nitrogens with one attached hydrogen (secondary N) is 1. The molecule has 0 aromatic rings. The molecule has 1 aliphatic heterocycles. The number of aliphatic hydroxyl groups is 5. The number of ether oxygens (including phenoxy) is 2. The number of rotatable bonds is 39. The Bertz CT molecular complexity index is 1280. The summed E-state index contributed by atoms with van der Waals surface area (Å²) in [6, 6.07) is -0.832. The van der Waals surface area contributed by atoms with Gasteiger partial charge in [0.15, 0.2) is 6.29 Å². The summed E-state index contributed by atoms with van der Waals surface area (Å²) < 4.78 is 11.2. The summed E-state index contributed by atoms with van der Waals surface area (Å²) in [5.74, 6) is -0.200. The molecule has 0 radical (unpaired) electrons. The van der Waals surface area contributed by atoms with Crippen molar-refractivity contribution in [2.75, 3.05) is 13.2 Å². The second-order valence-electron chi connectivity index (χ2n) is 16.5. The van der Waals surface area contributed by atoms with Gasteiger partial charge < -0.3 is 40.3 Å². The van der Waals surface area contributed by atoms with Crippen LogP contribution in [0.3, 0.4) is 0 Å². The number of carbonyl (C=O) groups excluding carboxylic acids is 1. The smallest absolute Gasteiger partial charge is 0.220 e. The summed E-state index contributed by atoms with van der Waals surface area (Å²) in [6.45, 7) is 3.49.